The lowest BCUT2D eigenvalue weighted by Gasteiger charge is -2.19. The van der Waals surface area contributed by atoms with Crippen LogP contribution in [0.25, 0.3) is 22.3 Å². The van der Waals surface area contributed by atoms with E-state index in [2.05, 4.69) is 15.3 Å². The summed E-state index contributed by atoms with van der Waals surface area (Å²) >= 11 is 0. The maximum atomic E-state index is 14.4. The second kappa shape index (κ2) is 7.76. The van der Waals surface area contributed by atoms with Gasteiger partial charge < -0.3 is 21.2 Å². The van der Waals surface area contributed by atoms with Gasteiger partial charge in [0, 0.05) is 5.56 Å². The Bertz CT molecular complexity index is 1400. The van der Waals surface area contributed by atoms with Gasteiger partial charge >= 0.3 is 0 Å². The number of hydrogen-bond donors (Lipinski definition) is 3. The highest BCUT2D eigenvalue weighted by Crippen LogP contribution is 2.32. The van der Waals surface area contributed by atoms with Crippen molar-refractivity contribution in [2.75, 3.05) is 16.8 Å². The van der Waals surface area contributed by atoms with E-state index in [0.29, 0.717) is 5.56 Å². The van der Waals surface area contributed by atoms with Crippen molar-refractivity contribution in [3.05, 3.63) is 75.7 Å². The third-order valence-electron chi connectivity index (χ3n) is 4.79. The molecule has 0 aliphatic carbocycles. The largest absolute Gasteiger partial charge is 0.452 e. The number of fused-ring (bicyclic) bond motifs is 1. The molecule has 0 radical (unpaired) electrons. The maximum absolute atomic E-state index is 14.4. The summed E-state index contributed by atoms with van der Waals surface area (Å²) in [7, 11) is 0. The number of nitrogens with zero attached hydrogens (tertiary/aromatic N) is 3. The Morgan fingerprint density at radius 1 is 1.13 bits per heavy atom. The Morgan fingerprint density at radius 3 is 2.58 bits per heavy atom. The zero-order valence-corrected chi connectivity index (χ0v) is 16.4. The van der Waals surface area contributed by atoms with Gasteiger partial charge in [-0.05, 0) is 19.1 Å². The van der Waals surface area contributed by atoms with Gasteiger partial charge in [0.05, 0.1) is 17.0 Å². The molecule has 9 heteroatoms. The topological polar surface area (TPSA) is 144 Å². The quantitative estimate of drug-likeness (QED) is 0.458. The number of nitriles is 1. The predicted octanol–water partition coefficient (Wildman–Crippen LogP) is 3.60. The van der Waals surface area contributed by atoms with E-state index in [-0.39, 0.29) is 45.4 Å². The Kier molecular flexibility index (Phi) is 4.97. The van der Waals surface area contributed by atoms with Crippen LogP contribution in [0, 0.1) is 17.1 Å². The minimum Gasteiger partial charge on any atom is -0.452 e. The molecule has 4 aromatic rings. The van der Waals surface area contributed by atoms with Gasteiger partial charge in [-0.25, -0.2) is 4.39 Å². The molecule has 5 N–H and O–H groups in total. The van der Waals surface area contributed by atoms with E-state index >= 15 is 0 Å². The molecular weight excluding hydrogens is 399 g/mol. The van der Waals surface area contributed by atoms with Gasteiger partial charge in [-0.2, -0.15) is 15.2 Å². The molecule has 0 spiro atoms. The van der Waals surface area contributed by atoms with Crippen molar-refractivity contribution in [3.63, 3.8) is 0 Å². The van der Waals surface area contributed by atoms with Crippen LogP contribution in [0.2, 0.25) is 0 Å². The highest BCUT2D eigenvalue weighted by Gasteiger charge is 2.24. The van der Waals surface area contributed by atoms with Crippen molar-refractivity contribution < 1.29 is 8.81 Å². The van der Waals surface area contributed by atoms with Crippen molar-refractivity contribution in [1.29, 1.82) is 5.26 Å². The van der Waals surface area contributed by atoms with Gasteiger partial charge in [0.2, 0.25) is 5.95 Å². The lowest BCUT2D eigenvalue weighted by Crippen LogP contribution is -2.21. The fourth-order valence-corrected chi connectivity index (χ4v) is 3.38. The summed E-state index contributed by atoms with van der Waals surface area (Å²) in [5.41, 5.74) is 11.7. The van der Waals surface area contributed by atoms with Gasteiger partial charge in [-0.1, -0.05) is 36.4 Å². The van der Waals surface area contributed by atoms with E-state index in [1.165, 1.54) is 18.2 Å². The predicted molar refractivity (Wildman–Crippen MR) is 115 cm³/mol. The molecule has 2 heterocycles. The minimum atomic E-state index is -0.695. The van der Waals surface area contributed by atoms with Crippen molar-refractivity contribution in [3.8, 4) is 17.4 Å². The second-order valence-corrected chi connectivity index (χ2v) is 6.83. The standard InChI is InChI=1S/C22H17FN6O2/c1-11(27-21-14(10-24)20(25)28-22(26)29-21)16-17(30)13-8-5-9-15(23)19(13)31-18(16)12-6-3-2-4-7-12/h2-9,11H,1H3,(H5,25,26,27,28,29). The molecule has 0 bridgehead atoms. The fourth-order valence-electron chi connectivity index (χ4n) is 3.38. The number of halogens is 1. The number of nitrogens with one attached hydrogen (secondary N) is 1. The number of aromatic nitrogens is 2. The molecule has 154 valence electrons. The Labute approximate surface area is 176 Å². The molecule has 0 fully saturated rings. The molecular formula is C22H17FN6O2. The van der Waals surface area contributed by atoms with E-state index in [1.54, 1.807) is 31.2 Å². The Balaban J connectivity index is 1.94. The van der Waals surface area contributed by atoms with E-state index in [0.717, 1.165) is 0 Å². The molecule has 2 aromatic heterocycles. The molecule has 4 rings (SSSR count). The zero-order valence-electron chi connectivity index (χ0n) is 16.4. The lowest BCUT2D eigenvalue weighted by atomic mass is 9.99. The van der Waals surface area contributed by atoms with Crippen molar-refractivity contribution in [1.82, 2.24) is 9.97 Å². The van der Waals surface area contributed by atoms with Crippen molar-refractivity contribution >= 4 is 28.6 Å². The molecule has 31 heavy (non-hydrogen) atoms. The van der Waals surface area contributed by atoms with Gasteiger partial charge in [0.15, 0.2) is 22.6 Å². The summed E-state index contributed by atoms with van der Waals surface area (Å²) in [5, 5.41) is 12.5. The second-order valence-electron chi connectivity index (χ2n) is 6.83. The number of rotatable bonds is 4. The summed E-state index contributed by atoms with van der Waals surface area (Å²) in [6.07, 6.45) is 0. The summed E-state index contributed by atoms with van der Waals surface area (Å²) in [4.78, 5) is 21.2. The third kappa shape index (κ3) is 3.51. The first kappa shape index (κ1) is 19.8. The van der Waals surface area contributed by atoms with Gasteiger partial charge in [0.1, 0.15) is 23.2 Å². The van der Waals surface area contributed by atoms with Crippen LogP contribution in [-0.2, 0) is 0 Å². The normalized spacial score (nSPS) is 11.8. The lowest BCUT2D eigenvalue weighted by molar-refractivity contribution is 0.553. The summed E-state index contributed by atoms with van der Waals surface area (Å²) in [6, 6.07) is 14.3. The zero-order chi connectivity index (χ0) is 22.1. The number of benzene rings is 2. The van der Waals surface area contributed by atoms with Crippen LogP contribution < -0.4 is 22.2 Å². The van der Waals surface area contributed by atoms with Crippen LogP contribution >= 0.6 is 0 Å². The number of para-hydroxylation sites is 1. The van der Waals surface area contributed by atoms with Crippen molar-refractivity contribution in [2.45, 2.75) is 13.0 Å². The smallest absolute Gasteiger partial charge is 0.224 e. The summed E-state index contributed by atoms with van der Waals surface area (Å²) in [6.45, 7) is 1.69. The van der Waals surface area contributed by atoms with Crippen LogP contribution in [0.3, 0.4) is 0 Å². The maximum Gasteiger partial charge on any atom is 0.224 e. The first-order chi connectivity index (χ1) is 14.9. The van der Waals surface area contributed by atoms with E-state index in [4.69, 9.17) is 15.9 Å². The average Bonchev–Trinajstić information content (AvgIpc) is 2.74. The Hall–Kier alpha value is -4.45. The first-order valence-corrected chi connectivity index (χ1v) is 9.31. The highest BCUT2D eigenvalue weighted by molar-refractivity contribution is 5.81. The van der Waals surface area contributed by atoms with Crippen LogP contribution in [-0.4, -0.2) is 9.97 Å². The van der Waals surface area contributed by atoms with Crippen LogP contribution in [0.5, 0.6) is 0 Å². The van der Waals surface area contributed by atoms with Crippen LogP contribution in [0.4, 0.5) is 22.0 Å². The number of nitrogens with two attached hydrogens (primary N) is 2. The summed E-state index contributed by atoms with van der Waals surface area (Å²) in [5.74, 6) is -0.556. The molecule has 0 aliphatic heterocycles. The molecule has 0 aliphatic rings. The van der Waals surface area contributed by atoms with E-state index in [9.17, 15) is 14.4 Å². The van der Waals surface area contributed by atoms with Gasteiger partial charge in [0.25, 0.3) is 0 Å². The SMILES string of the molecule is CC(Nc1nc(N)nc(N)c1C#N)c1c(-c2ccccc2)oc2c(F)cccc2c1=O. The monoisotopic (exact) mass is 416 g/mol. The number of anilines is 3. The molecule has 0 saturated carbocycles. The van der Waals surface area contributed by atoms with Crippen LogP contribution in [0.15, 0.2) is 57.7 Å². The minimum absolute atomic E-state index is 0.00136. The molecule has 2 aromatic carbocycles. The van der Waals surface area contributed by atoms with Crippen molar-refractivity contribution in [2.24, 2.45) is 0 Å². The molecule has 0 saturated heterocycles. The average molecular weight is 416 g/mol. The highest BCUT2D eigenvalue weighted by atomic mass is 19.1. The first-order valence-electron chi connectivity index (χ1n) is 9.31. The van der Waals surface area contributed by atoms with Crippen LogP contribution in [0.1, 0.15) is 24.1 Å². The van der Waals surface area contributed by atoms with E-state index < -0.39 is 17.3 Å². The number of nitrogen functional groups attached to an aromatic ring is 2. The van der Waals surface area contributed by atoms with E-state index in [1.807, 2.05) is 12.1 Å². The molecule has 1 unspecified atom stereocenters. The summed E-state index contributed by atoms with van der Waals surface area (Å²) < 4.78 is 20.3. The van der Waals surface area contributed by atoms with Gasteiger partial charge in [-0.15, -0.1) is 0 Å². The molecule has 0 amide bonds. The number of hydrogen-bond acceptors (Lipinski definition) is 8. The third-order valence-corrected chi connectivity index (χ3v) is 4.79. The fraction of sp³-hybridized carbons (Fsp3) is 0.0909. The molecule has 1 atom stereocenters. The molecule has 8 nitrogen and oxygen atoms in total. The Morgan fingerprint density at radius 2 is 1.87 bits per heavy atom. The van der Waals surface area contributed by atoms with Gasteiger partial charge in [-0.3, -0.25) is 4.79 Å².